The quantitative estimate of drug-likeness (QED) is 0.294. The molecule has 0 atom stereocenters. The topological polar surface area (TPSA) is 81.9 Å². The fourth-order valence-corrected chi connectivity index (χ4v) is 3.38. The number of anilines is 1. The van der Waals surface area contributed by atoms with Crippen molar-refractivity contribution >= 4 is 46.6 Å². The first-order chi connectivity index (χ1) is 14.1. The Morgan fingerprint density at radius 2 is 2.03 bits per heavy atom. The predicted molar refractivity (Wildman–Crippen MR) is 115 cm³/mol. The van der Waals surface area contributed by atoms with Gasteiger partial charge < -0.3 is 10.1 Å². The molecule has 10 heteroatoms. The second-order valence-corrected chi connectivity index (χ2v) is 7.46. The van der Waals surface area contributed by atoms with E-state index in [9.17, 15) is 4.79 Å². The van der Waals surface area contributed by atoms with Crippen molar-refractivity contribution in [3.63, 3.8) is 0 Å². The lowest BCUT2D eigenvalue weighted by atomic mass is 10.3. The lowest BCUT2D eigenvalue weighted by Gasteiger charge is -2.09. The fourth-order valence-electron chi connectivity index (χ4n) is 2.32. The highest BCUT2D eigenvalue weighted by Gasteiger charge is 2.15. The molecular formula is C19H17Cl2N5O2S. The van der Waals surface area contributed by atoms with Gasteiger partial charge in [-0.1, -0.05) is 41.0 Å². The van der Waals surface area contributed by atoms with Crippen LogP contribution in [0.15, 0.2) is 60.4 Å². The van der Waals surface area contributed by atoms with Gasteiger partial charge in [-0.3, -0.25) is 9.36 Å². The molecule has 0 spiro atoms. The molecule has 0 unspecified atom stereocenters. The van der Waals surface area contributed by atoms with E-state index in [-0.39, 0.29) is 23.4 Å². The number of ether oxygens (including phenoxy) is 1. The molecule has 0 bridgehead atoms. The molecule has 1 N–H and O–H groups in total. The van der Waals surface area contributed by atoms with Crippen LogP contribution in [0.4, 0.5) is 5.69 Å². The van der Waals surface area contributed by atoms with Crippen molar-refractivity contribution in [2.75, 3.05) is 11.1 Å². The van der Waals surface area contributed by atoms with Crippen molar-refractivity contribution in [1.29, 1.82) is 0 Å². The summed E-state index contributed by atoms with van der Waals surface area (Å²) < 4.78 is 7.58. The minimum absolute atomic E-state index is 0.137. The summed E-state index contributed by atoms with van der Waals surface area (Å²) in [6.07, 6.45) is 3.28. The summed E-state index contributed by atoms with van der Waals surface area (Å²) in [5.41, 5.74) is 0.462. The molecule has 0 aliphatic heterocycles. The van der Waals surface area contributed by atoms with Crippen molar-refractivity contribution < 1.29 is 9.53 Å². The van der Waals surface area contributed by atoms with Crippen LogP contribution in [0, 0.1) is 0 Å². The van der Waals surface area contributed by atoms with Crippen LogP contribution in [0.1, 0.15) is 5.82 Å². The van der Waals surface area contributed by atoms with Crippen LogP contribution < -0.4 is 10.1 Å². The van der Waals surface area contributed by atoms with Crippen LogP contribution in [0.5, 0.6) is 5.75 Å². The summed E-state index contributed by atoms with van der Waals surface area (Å²) in [5, 5.41) is 12.5. The van der Waals surface area contributed by atoms with E-state index in [1.165, 1.54) is 11.8 Å². The van der Waals surface area contributed by atoms with Gasteiger partial charge in [-0.2, -0.15) is 0 Å². The smallest absolute Gasteiger partial charge is 0.234 e. The summed E-state index contributed by atoms with van der Waals surface area (Å²) in [4.78, 5) is 16.1. The van der Waals surface area contributed by atoms with Crippen LogP contribution in [0.25, 0.3) is 0 Å². The van der Waals surface area contributed by atoms with Crippen molar-refractivity contribution in [2.24, 2.45) is 0 Å². The zero-order chi connectivity index (χ0) is 20.6. The number of nitrogens with one attached hydrogen (secondary N) is 1. The van der Waals surface area contributed by atoms with Gasteiger partial charge >= 0.3 is 0 Å². The number of aromatic nitrogens is 4. The van der Waals surface area contributed by atoms with E-state index >= 15 is 0 Å². The largest absolute Gasteiger partial charge is 0.486 e. The zero-order valence-electron chi connectivity index (χ0n) is 15.2. The Labute approximate surface area is 182 Å². The molecule has 0 saturated carbocycles. The van der Waals surface area contributed by atoms with Crippen molar-refractivity contribution in [3.8, 4) is 5.75 Å². The number of carbonyl (C=O) groups excluding carboxylic acids is 1. The number of rotatable bonds is 9. The first-order valence-electron chi connectivity index (χ1n) is 8.51. The number of thioether (sulfide) groups is 1. The molecule has 3 aromatic rings. The van der Waals surface area contributed by atoms with E-state index in [1.54, 1.807) is 48.7 Å². The average molecular weight is 450 g/mol. The molecule has 1 aromatic carbocycles. The van der Waals surface area contributed by atoms with Gasteiger partial charge in [0.15, 0.2) is 16.1 Å². The van der Waals surface area contributed by atoms with E-state index in [4.69, 9.17) is 27.9 Å². The lowest BCUT2D eigenvalue weighted by Crippen LogP contribution is -2.15. The van der Waals surface area contributed by atoms with Gasteiger partial charge in [0.1, 0.15) is 12.4 Å². The number of hydrogen-bond donors (Lipinski definition) is 1. The summed E-state index contributed by atoms with van der Waals surface area (Å²) >= 11 is 13.1. The van der Waals surface area contributed by atoms with E-state index in [2.05, 4.69) is 27.1 Å². The standard InChI is InChI=1S/C19H17Cl2N5O2S/c1-2-10-26-16(11-28-14-7-5-13(20)6-8-14)24-25-19(26)29-12-17(27)23-15-4-3-9-22-18(15)21/h2-9H,1,10-12H2,(H,23,27). The van der Waals surface area contributed by atoms with Crippen molar-refractivity contribution in [3.05, 3.63) is 71.3 Å². The minimum atomic E-state index is -0.225. The Morgan fingerprint density at radius 1 is 1.24 bits per heavy atom. The van der Waals surface area contributed by atoms with Crippen LogP contribution >= 0.6 is 35.0 Å². The highest BCUT2D eigenvalue weighted by Crippen LogP contribution is 2.22. The van der Waals surface area contributed by atoms with Gasteiger partial charge in [-0.15, -0.1) is 16.8 Å². The molecular weight excluding hydrogens is 433 g/mol. The second kappa shape index (κ2) is 10.3. The first-order valence-corrected chi connectivity index (χ1v) is 10.3. The van der Waals surface area contributed by atoms with Crippen LogP contribution in [-0.2, 0) is 17.9 Å². The number of pyridine rings is 1. The Kier molecular flexibility index (Phi) is 7.51. The van der Waals surface area contributed by atoms with Gasteiger partial charge in [0, 0.05) is 17.8 Å². The normalized spacial score (nSPS) is 10.6. The molecule has 7 nitrogen and oxygen atoms in total. The molecule has 0 aliphatic rings. The SMILES string of the molecule is C=CCn1c(COc2ccc(Cl)cc2)nnc1SCC(=O)Nc1cccnc1Cl. The lowest BCUT2D eigenvalue weighted by molar-refractivity contribution is -0.113. The van der Waals surface area contributed by atoms with Gasteiger partial charge in [0.25, 0.3) is 0 Å². The van der Waals surface area contributed by atoms with E-state index < -0.39 is 0 Å². The van der Waals surface area contributed by atoms with Crippen LogP contribution in [0.2, 0.25) is 10.2 Å². The Balaban J connectivity index is 1.61. The van der Waals surface area contributed by atoms with Gasteiger partial charge in [-0.25, -0.2) is 4.98 Å². The fraction of sp³-hybridized carbons (Fsp3) is 0.158. The Bertz CT molecular complexity index is 995. The Morgan fingerprint density at radius 3 is 2.76 bits per heavy atom. The number of halogens is 2. The number of amides is 1. The predicted octanol–water partition coefficient (Wildman–Crippen LogP) is 4.48. The molecule has 3 rings (SSSR count). The van der Waals surface area contributed by atoms with E-state index in [0.29, 0.717) is 34.0 Å². The third-order valence-electron chi connectivity index (χ3n) is 3.65. The first kappa shape index (κ1) is 21.2. The van der Waals surface area contributed by atoms with Gasteiger partial charge in [0.05, 0.1) is 11.4 Å². The van der Waals surface area contributed by atoms with E-state index in [0.717, 1.165) is 0 Å². The van der Waals surface area contributed by atoms with Crippen molar-refractivity contribution in [2.45, 2.75) is 18.3 Å². The molecule has 0 saturated heterocycles. The number of carbonyl (C=O) groups is 1. The highest BCUT2D eigenvalue weighted by molar-refractivity contribution is 7.99. The molecule has 150 valence electrons. The molecule has 0 radical (unpaired) electrons. The molecule has 29 heavy (non-hydrogen) atoms. The number of allylic oxidation sites excluding steroid dienone is 1. The second-order valence-electron chi connectivity index (χ2n) is 5.72. The third kappa shape index (κ3) is 5.96. The average Bonchev–Trinajstić information content (AvgIpc) is 3.10. The highest BCUT2D eigenvalue weighted by atomic mass is 35.5. The van der Waals surface area contributed by atoms with Crippen LogP contribution in [-0.4, -0.2) is 31.4 Å². The summed E-state index contributed by atoms with van der Waals surface area (Å²) in [6, 6.07) is 10.4. The van der Waals surface area contributed by atoms with E-state index in [1.807, 2.05) is 4.57 Å². The monoisotopic (exact) mass is 449 g/mol. The Hall–Kier alpha value is -2.55. The van der Waals surface area contributed by atoms with Crippen molar-refractivity contribution in [1.82, 2.24) is 19.7 Å². The van der Waals surface area contributed by atoms with Gasteiger partial charge in [-0.05, 0) is 36.4 Å². The molecule has 1 amide bonds. The number of benzene rings is 1. The summed E-state index contributed by atoms with van der Waals surface area (Å²) in [7, 11) is 0. The summed E-state index contributed by atoms with van der Waals surface area (Å²) in [5.74, 6) is 1.21. The number of hydrogen-bond acceptors (Lipinski definition) is 6. The molecule has 2 heterocycles. The van der Waals surface area contributed by atoms with Gasteiger partial charge in [0.2, 0.25) is 5.91 Å². The maximum Gasteiger partial charge on any atom is 0.234 e. The zero-order valence-corrected chi connectivity index (χ0v) is 17.5. The molecule has 0 aliphatic carbocycles. The minimum Gasteiger partial charge on any atom is -0.486 e. The van der Waals surface area contributed by atoms with Crippen LogP contribution in [0.3, 0.4) is 0 Å². The third-order valence-corrected chi connectivity index (χ3v) is 5.17. The maximum atomic E-state index is 12.2. The number of nitrogens with zero attached hydrogens (tertiary/aromatic N) is 4. The molecule has 2 aromatic heterocycles. The maximum absolute atomic E-state index is 12.2. The summed E-state index contributed by atoms with van der Waals surface area (Å²) in [6.45, 7) is 4.48. The molecule has 0 fully saturated rings.